The van der Waals surface area contributed by atoms with Gasteiger partial charge in [0.25, 0.3) is 0 Å². The van der Waals surface area contributed by atoms with Gasteiger partial charge < -0.3 is 4.74 Å². The van der Waals surface area contributed by atoms with Gasteiger partial charge in [-0.25, -0.2) is 0 Å². The fourth-order valence-corrected chi connectivity index (χ4v) is 1.68. The van der Waals surface area contributed by atoms with E-state index in [9.17, 15) is 4.79 Å². The molecular formula is C15H22O2. The molecule has 0 aromatic heterocycles. The van der Waals surface area contributed by atoms with Crippen LogP contribution in [0.4, 0.5) is 0 Å². The second kappa shape index (κ2) is 7.88. The Morgan fingerprint density at radius 1 is 1.24 bits per heavy atom. The lowest BCUT2D eigenvalue weighted by Crippen LogP contribution is -2.08. The van der Waals surface area contributed by atoms with Crippen molar-refractivity contribution in [3.8, 4) is 0 Å². The van der Waals surface area contributed by atoms with Crippen molar-refractivity contribution < 1.29 is 9.53 Å². The van der Waals surface area contributed by atoms with Crippen molar-refractivity contribution in [2.24, 2.45) is 5.92 Å². The first kappa shape index (κ1) is 13.8. The van der Waals surface area contributed by atoms with E-state index >= 15 is 0 Å². The van der Waals surface area contributed by atoms with Gasteiger partial charge in [0.05, 0.1) is 6.61 Å². The Kier molecular flexibility index (Phi) is 6.38. The van der Waals surface area contributed by atoms with Gasteiger partial charge in [0.15, 0.2) is 0 Å². The predicted octanol–water partition coefficient (Wildman–Crippen LogP) is 3.60. The first-order chi connectivity index (χ1) is 8.22. The highest BCUT2D eigenvalue weighted by Crippen LogP contribution is 2.12. The van der Waals surface area contributed by atoms with Crippen molar-refractivity contribution in [3.63, 3.8) is 0 Å². The Labute approximate surface area is 104 Å². The molecule has 1 aromatic carbocycles. The number of rotatable bonds is 7. The third-order valence-electron chi connectivity index (χ3n) is 2.93. The van der Waals surface area contributed by atoms with E-state index in [0.717, 1.165) is 19.3 Å². The quantitative estimate of drug-likeness (QED) is 0.674. The third-order valence-corrected chi connectivity index (χ3v) is 2.93. The first-order valence-electron chi connectivity index (χ1n) is 6.42. The average Bonchev–Trinajstić information content (AvgIpc) is 2.37. The van der Waals surface area contributed by atoms with Gasteiger partial charge in [-0.15, -0.1) is 0 Å². The molecule has 0 radical (unpaired) electrons. The molecule has 0 N–H and O–H groups in total. The highest BCUT2D eigenvalue weighted by Gasteiger charge is 2.04. The molecule has 0 bridgehead atoms. The van der Waals surface area contributed by atoms with Gasteiger partial charge >= 0.3 is 5.97 Å². The SMILES string of the molecule is CCC(=O)OCCC(C)CCc1ccccc1. The molecule has 0 saturated heterocycles. The van der Waals surface area contributed by atoms with Crippen LogP contribution in [0, 0.1) is 5.92 Å². The van der Waals surface area contributed by atoms with Crippen LogP contribution in [-0.4, -0.2) is 12.6 Å². The largest absolute Gasteiger partial charge is 0.466 e. The Morgan fingerprint density at radius 2 is 1.94 bits per heavy atom. The van der Waals surface area contributed by atoms with Crippen LogP contribution in [0.5, 0.6) is 0 Å². The lowest BCUT2D eigenvalue weighted by atomic mass is 9.99. The van der Waals surface area contributed by atoms with E-state index in [0.29, 0.717) is 18.9 Å². The van der Waals surface area contributed by atoms with Crippen LogP contribution in [0.2, 0.25) is 0 Å². The molecule has 0 heterocycles. The molecule has 0 aliphatic rings. The summed E-state index contributed by atoms with van der Waals surface area (Å²) >= 11 is 0. The topological polar surface area (TPSA) is 26.3 Å². The molecule has 0 spiro atoms. The average molecular weight is 234 g/mol. The maximum atomic E-state index is 11.0. The fraction of sp³-hybridized carbons (Fsp3) is 0.533. The van der Waals surface area contributed by atoms with Gasteiger partial charge in [-0.2, -0.15) is 0 Å². The summed E-state index contributed by atoms with van der Waals surface area (Å²) in [5.74, 6) is 0.500. The van der Waals surface area contributed by atoms with Crippen molar-refractivity contribution >= 4 is 5.97 Å². The van der Waals surface area contributed by atoms with Gasteiger partial charge in [0, 0.05) is 6.42 Å². The summed E-state index contributed by atoms with van der Waals surface area (Å²) in [6, 6.07) is 10.5. The summed E-state index contributed by atoms with van der Waals surface area (Å²) in [7, 11) is 0. The number of carbonyl (C=O) groups is 1. The van der Waals surface area contributed by atoms with E-state index in [2.05, 4.69) is 31.2 Å². The molecule has 1 aromatic rings. The van der Waals surface area contributed by atoms with E-state index in [4.69, 9.17) is 4.74 Å². The number of hydrogen-bond acceptors (Lipinski definition) is 2. The zero-order valence-corrected chi connectivity index (χ0v) is 10.8. The monoisotopic (exact) mass is 234 g/mol. The summed E-state index contributed by atoms with van der Waals surface area (Å²) in [5, 5.41) is 0. The number of ether oxygens (including phenoxy) is 1. The number of esters is 1. The molecule has 0 aliphatic heterocycles. The number of aryl methyl sites for hydroxylation is 1. The molecule has 0 aliphatic carbocycles. The molecule has 94 valence electrons. The molecule has 2 nitrogen and oxygen atoms in total. The predicted molar refractivity (Wildman–Crippen MR) is 69.8 cm³/mol. The molecule has 2 heteroatoms. The van der Waals surface area contributed by atoms with Crippen LogP contribution in [0.15, 0.2) is 30.3 Å². The van der Waals surface area contributed by atoms with Crippen LogP contribution in [0.3, 0.4) is 0 Å². The zero-order chi connectivity index (χ0) is 12.5. The Balaban J connectivity index is 2.13. The zero-order valence-electron chi connectivity index (χ0n) is 10.8. The van der Waals surface area contributed by atoms with Crippen LogP contribution < -0.4 is 0 Å². The number of hydrogen-bond donors (Lipinski definition) is 0. The van der Waals surface area contributed by atoms with Crippen molar-refractivity contribution in [2.45, 2.75) is 39.5 Å². The summed E-state index contributed by atoms with van der Waals surface area (Å²) in [4.78, 5) is 11.0. The van der Waals surface area contributed by atoms with Crippen molar-refractivity contribution in [1.29, 1.82) is 0 Å². The maximum absolute atomic E-state index is 11.0. The van der Waals surface area contributed by atoms with Gasteiger partial charge in [0.1, 0.15) is 0 Å². The van der Waals surface area contributed by atoms with Crippen LogP contribution in [0.25, 0.3) is 0 Å². The molecular weight excluding hydrogens is 212 g/mol. The lowest BCUT2D eigenvalue weighted by molar-refractivity contribution is -0.143. The van der Waals surface area contributed by atoms with Crippen LogP contribution in [0.1, 0.15) is 38.7 Å². The molecule has 0 amide bonds. The first-order valence-corrected chi connectivity index (χ1v) is 6.42. The summed E-state index contributed by atoms with van der Waals surface area (Å²) in [5.41, 5.74) is 1.38. The molecule has 17 heavy (non-hydrogen) atoms. The Morgan fingerprint density at radius 3 is 2.59 bits per heavy atom. The van der Waals surface area contributed by atoms with E-state index in [1.807, 2.05) is 13.0 Å². The minimum absolute atomic E-state index is 0.0970. The van der Waals surface area contributed by atoms with Crippen molar-refractivity contribution in [3.05, 3.63) is 35.9 Å². The second-order valence-electron chi connectivity index (χ2n) is 4.49. The van der Waals surface area contributed by atoms with E-state index in [1.165, 1.54) is 5.56 Å². The van der Waals surface area contributed by atoms with E-state index < -0.39 is 0 Å². The normalized spacial score (nSPS) is 12.1. The molecule has 0 fully saturated rings. The highest BCUT2D eigenvalue weighted by molar-refractivity contribution is 5.68. The lowest BCUT2D eigenvalue weighted by Gasteiger charge is -2.11. The van der Waals surface area contributed by atoms with E-state index in [1.54, 1.807) is 0 Å². The van der Waals surface area contributed by atoms with Crippen LogP contribution >= 0.6 is 0 Å². The Hall–Kier alpha value is -1.31. The molecule has 1 rings (SSSR count). The van der Waals surface area contributed by atoms with Gasteiger partial charge in [-0.3, -0.25) is 4.79 Å². The second-order valence-corrected chi connectivity index (χ2v) is 4.49. The fourth-order valence-electron chi connectivity index (χ4n) is 1.68. The standard InChI is InChI=1S/C15H22O2/c1-3-15(16)17-12-11-13(2)9-10-14-7-5-4-6-8-14/h4-8,13H,3,9-12H2,1-2H3. The van der Waals surface area contributed by atoms with Crippen molar-refractivity contribution in [2.75, 3.05) is 6.61 Å². The smallest absolute Gasteiger partial charge is 0.305 e. The summed E-state index contributed by atoms with van der Waals surface area (Å²) < 4.78 is 5.07. The molecule has 1 atom stereocenters. The van der Waals surface area contributed by atoms with Crippen molar-refractivity contribution in [1.82, 2.24) is 0 Å². The highest BCUT2D eigenvalue weighted by atomic mass is 16.5. The van der Waals surface area contributed by atoms with Gasteiger partial charge in [0.2, 0.25) is 0 Å². The summed E-state index contributed by atoms with van der Waals surface area (Å²) in [6.07, 6.45) is 3.67. The van der Waals surface area contributed by atoms with Gasteiger partial charge in [-0.05, 0) is 30.7 Å². The minimum Gasteiger partial charge on any atom is -0.466 e. The van der Waals surface area contributed by atoms with E-state index in [-0.39, 0.29) is 5.97 Å². The molecule has 0 saturated carbocycles. The number of benzene rings is 1. The van der Waals surface area contributed by atoms with Gasteiger partial charge in [-0.1, -0.05) is 44.2 Å². The maximum Gasteiger partial charge on any atom is 0.305 e. The Bertz CT molecular complexity index is 319. The summed E-state index contributed by atoms with van der Waals surface area (Å²) in [6.45, 7) is 4.59. The minimum atomic E-state index is -0.0970. The third kappa shape index (κ3) is 6.10. The number of carbonyl (C=O) groups excluding carboxylic acids is 1. The van der Waals surface area contributed by atoms with Crippen LogP contribution in [-0.2, 0) is 16.0 Å². The molecule has 1 unspecified atom stereocenters.